The highest BCUT2D eigenvalue weighted by Gasteiger charge is 2.24. The van der Waals surface area contributed by atoms with Crippen LogP contribution in [0.25, 0.3) is 0 Å². The number of aryl methyl sites for hydroxylation is 1. The Morgan fingerprint density at radius 1 is 1.17 bits per heavy atom. The summed E-state index contributed by atoms with van der Waals surface area (Å²) in [5.41, 5.74) is 3.62. The lowest BCUT2D eigenvalue weighted by Crippen LogP contribution is -2.05. The fourth-order valence-corrected chi connectivity index (χ4v) is 2.85. The van der Waals surface area contributed by atoms with E-state index in [4.69, 9.17) is 4.74 Å². The van der Waals surface area contributed by atoms with Gasteiger partial charge >= 0.3 is 5.97 Å². The molecule has 3 rings (SSSR count). The fourth-order valence-electron chi connectivity index (χ4n) is 2.85. The number of benzene rings is 1. The molecule has 0 radical (unpaired) electrons. The van der Waals surface area contributed by atoms with Crippen molar-refractivity contribution in [1.29, 1.82) is 0 Å². The Morgan fingerprint density at radius 3 is 2.71 bits per heavy atom. The molecule has 0 fully saturated rings. The van der Waals surface area contributed by atoms with Gasteiger partial charge in [0.2, 0.25) is 5.90 Å². The zero-order chi connectivity index (χ0) is 16.8. The summed E-state index contributed by atoms with van der Waals surface area (Å²) in [5.74, 6) is 0.0248. The van der Waals surface area contributed by atoms with Crippen LogP contribution in [0.4, 0.5) is 0 Å². The summed E-state index contributed by atoms with van der Waals surface area (Å²) in [6.07, 6.45) is 14.8. The van der Waals surface area contributed by atoms with E-state index in [2.05, 4.69) is 30.1 Å². The summed E-state index contributed by atoms with van der Waals surface area (Å²) in [4.78, 5) is 16.3. The second kappa shape index (κ2) is 7.91. The second-order valence-corrected chi connectivity index (χ2v) is 6.22. The Kier molecular flexibility index (Phi) is 5.42. The van der Waals surface area contributed by atoms with Crippen molar-refractivity contribution in [3.63, 3.8) is 0 Å². The third-order valence-electron chi connectivity index (χ3n) is 4.26. The van der Waals surface area contributed by atoms with Gasteiger partial charge in [-0.3, -0.25) is 0 Å². The standard InChI is InChI=1S/C21H23NO2/c1-2-3-4-5-8-16-11-13-18(14-12-16)20-22-19(21(23)24-20)15-17-9-6-7-10-17/h6-7,9,11-15H,2-5,8,10H2,1H3. The highest BCUT2D eigenvalue weighted by molar-refractivity contribution is 6.11. The van der Waals surface area contributed by atoms with Crippen LogP contribution in [0.2, 0.25) is 0 Å². The SMILES string of the molecule is CCCCCCc1ccc(C2=NC(=CC3=CC=CC3)C(=O)O2)cc1. The maximum absolute atomic E-state index is 12.0. The van der Waals surface area contributed by atoms with Crippen molar-refractivity contribution in [3.05, 3.63) is 71.0 Å². The molecule has 3 heteroatoms. The summed E-state index contributed by atoms with van der Waals surface area (Å²) in [6.45, 7) is 2.22. The normalized spacial score (nSPS) is 18.0. The van der Waals surface area contributed by atoms with Gasteiger partial charge < -0.3 is 4.74 Å². The van der Waals surface area contributed by atoms with Crippen LogP contribution in [-0.2, 0) is 16.0 Å². The molecule has 0 aromatic heterocycles. The van der Waals surface area contributed by atoms with Gasteiger partial charge in [-0.15, -0.1) is 0 Å². The van der Waals surface area contributed by atoms with E-state index in [0.29, 0.717) is 11.6 Å². The number of carbonyl (C=O) groups excluding carboxylic acids is 1. The number of rotatable bonds is 7. The Morgan fingerprint density at radius 2 is 2.00 bits per heavy atom. The maximum Gasteiger partial charge on any atom is 0.363 e. The number of allylic oxidation sites excluding steroid dienone is 5. The third-order valence-corrected chi connectivity index (χ3v) is 4.26. The Hall–Kier alpha value is -2.42. The molecule has 0 spiro atoms. The number of carbonyl (C=O) groups is 1. The average molecular weight is 321 g/mol. The first-order valence-corrected chi connectivity index (χ1v) is 8.74. The number of nitrogens with zero attached hydrogens (tertiary/aromatic N) is 1. The van der Waals surface area contributed by atoms with Gasteiger partial charge in [-0.2, -0.15) is 0 Å². The predicted octanol–water partition coefficient (Wildman–Crippen LogP) is 4.88. The van der Waals surface area contributed by atoms with Crippen LogP contribution in [0.15, 0.2) is 64.8 Å². The molecule has 0 N–H and O–H groups in total. The molecule has 24 heavy (non-hydrogen) atoms. The van der Waals surface area contributed by atoms with Gasteiger partial charge in [0, 0.05) is 5.56 Å². The molecule has 0 atom stereocenters. The largest absolute Gasteiger partial charge is 0.402 e. The predicted molar refractivity (Wildman–Crippen MR) is 96.8 cm³/mol. The highest BCUT2D eigenvalue weighted by atomic mass is 16.6. The minimum absolute atomic E-state index is 0.374. The van der Waals surface area contributed by atoms with Gasteiger partial charge in [-0.1, -0.05) is 56.5 Å². The molecule has 0 saturated carbocycles. The van der Waals surface area contributed by atoms with Gasteiger partial charge in [0.15, 0.2) is 5.70 Å². The number of aliphatic imine (C=N–C) groups is 1. The van der Waals surface area contributed by atoms with E-state index in [-0.39, 0.29) is 5.97 Å². The lowest BCUT2D eigenvalue weighted by Gasteiger charge is -2.03. The Bertz CT molecular complexity index is 721. The number of esters is 1. The molecule has 0 unspecified atom stereocenters. The van der Waals surface area contributed by atoms with Crippen molar-refractivity contribution in [2.24, 2.45) is 4.99 Å². The molecule has 0 bridgehead atoms. The quantitative estimate of drug-likeness (QED) is 0.408. The number of hydrogen-bond donors (Lipinski definition) is 0. The molecule has 1 aliphatic heterocycles. The van der Waals surface area contributed by atoms with E-state index in [1.165, 1.54) is 31.2 Å². The molecular formula is C21H23NO2. The molecule has 1 heterocycles. The Balaban J connectivity index is 1.65. The minimum atomic E-state index is -0.374. The van der Waals surface area contributed by atoms with Gasteiger partial charge in [0.05, 0.1) is 0 Å². The van der Waals surface area contributed by atoms with E-state index in [1.54, 1.807) is 6.08 Å². The zero-order valence-corrected chi connectivity index (χ0v) is 14.1. The average Bonchev–Trinajstić information content (AvgIpc) is 3.23. The van der Waals surface area contributed by atoms with Crippen LogP contribution in [0.1, 0.15) is 50.2 Å². The summed E-state index contributed by atoms with van der Waals surface area (Å²) in [6, 6.07) is 8.17. The van der Waals surface area contributed by atoms with E-state index in [1.807, 2.05) is 24.3 Å². The van der Waals surface area contributed by atoms with Crippen LogP contribution in [0, 0.1) is 0 Å². The zero-order valence-electron chi connectivity index (χ0n) is 14.1. The van der Waals surface area contributed by atoms with Crippen molar-refractivity contribution < 1.29 is 9.53 Å². The molecule has 0 saturated heterocycles. The van der Waals surface area contributed by atoms with Crippen LogP contribution in [0.5, 0.6) is 0 Å². The van der Waals surface area contributed by atoms with Crippen LogP contribution in [-0.4, -0.2) is 11.9 Å². The molecular weight excluding hydrogens is 298 g/mol. The monoisotopic (exact) mass is 321 g/mol. The van der Waals surface area contributed by atoms with E-state index >= 15 is 0 Å². The highest BCUT2D eigenvalue weighted by Crippen LogP contribution is 2.21. The number of hydrogen-bond acceptors (Lipinski definition) is 3. The minimum Gasteiger partial charge on any atom is -0.402 e. The summed E-state index contributed by atoms with van der Waals surface area (Å²) in [5, 5.41) is 0. The van der Waals surface area contributed by atoms with Gasteiger partial charge in [-0.25, -0.2) is 9.79 Å². The lowest BCUT2D eigenvalue weighted by molar-refractivity contribution is -0.130. The van der Waals surface area contributed by atoms with Crippen LogP contribution in [0.3, 0.4) is 0 Å². The van der Waals surface area contributed by atoms with E-state index in [9.17, 15) is 4.79 Å². The smallest absolute Gasteiger partial charge is 0.363 e. The molecule has 1 aromatic carbocycles. The van der Waals surface area contributed by atoms with Crippen LogP contribution < -0.4 is 0 Å². The number of unbranched alkanes of at least 4 members (excludes halogenated alkanes) is 3. The summed E-state index contributed by atoms with van der Waals surface area (Å²) < 4.78 is 5.32. The van der Waals surface area contributed by atoms with Crippen molar-refractivity contribution in [1.82, 2.24) is 0 Å². The second-order valence-electron chi connectivity index (χ2n) is 6.22. The van der Waals surface area contributed by atoms with Gasteiger partial charge in [0.1, 0.15) is 0 Å². The maximum atomic E-state index is 12.0. The first kappa shape index (κ1) is 16.4. The van der Waals surface area contributed by atoms with E-state index < -0.39 is 0 Å². The number of ether oxygens (including phenoxy) is 1. The van der Waals surface area contributed by atoms with Crippen molar-refractivity contribution >= 4 is 11.9 Å². The molecule has 1 aliphatic carbocycles. The van der Waals surface area contributed by atoms with E-state index in [0.717, 1.165) is 24.0 Å². The summed E-state index contributed by atoms with van der Waals surface area (Å²) >= 11 is 0. The van der Waals surface area contributed by atoms with Crippen molar-refractivity contribution in [2.75, 3.05) is 0 Å². The molecule has 124 valence electrons. The molecule has 2 aliphatic rings. The summed E-state index contributed by atoms with van der Waals surface area (Å²) in [7, 11) is 0. The van der Waals surface area contributed by atoms with Crippen LogP contribution >= 0.6 is 0 Å². The molecule has 3 nitrogen and oxygen atoms in total. The topological polar surface area (TPSA) is 38.7 Å². The fraction of sp³-hybridized carbons (Fsp3) is 0.333. The lowest BCUT2D eigenvalue weighted by atomic mass is 10.0. The Labute approximate surface area is 143 Å². The van der Waals surface area contributed by atoms with Gasteiger partial charge in [0.25, 0.3) is 0 Å². The third kappa shape index (κ3) is 4.10. The first-order chi connectivity index (χ1) is 11.8. The van der Waals surface area contributed by atoms with Crippen molar-refractivity contribution in [3.8, 4) is 0 Å². The molecule has 1 aromatic rings. The number of cyclic esters (lactones) is 1. The van der Waals surface area contributed by atoms with Gasteiger partial charge in [-0.05, 0) is 48.6 Å². The van der Waals surface area contributed by atoms with Crippen molar-refractivity contribution in [2.45, 2.75) is 45.4 Å². The molecule has 0 amide bonds. The first-order valence-electron chi connectivity index (χ1n) is 8.74.